The van der Waals surface area contributed by atoms with Crippen LogP contribution in [0.1, 0.15) is 16.1 Å². The van der Waals surface area contributed by atoms with Crippen LogP contribution in [0.4, 0.5) is 5.82 Å². The average molecular weight is 453 g/mol. The number of nitrogens with one attached hydrogen (secondary N) is 1. The van der Waals surface area contributed by atoms with Crippen molar-refractivity contribution in [3.63, 3.8) is 0 Å². The Morgan fingerprint density at radius 1 is 1.14 bits per heavy atom. The van der Waals surface area contributed by atoms with E-state index in [0.717, 1.165) is 10.0 Å². The molecular weight excluding hydrogens is 440 g/mol. The van der Waals surface area contributed by atoms with Gasteiger partial charge >= 0.3 is 0 Å². The van der Waals surface area contributed by atoms with E-state index in [1.54, 1.807) is 12.1 Å². The van der Waals surface area contributed by atoms with Crippen LogP contribution >= 0.6 is 15.9 Å². The highest BCUT2D eigenvalue weighted by atomic mass is 79.9. The van der Waals surface area contributed by atoms with Crippen LogP contribution in [0.5, 0.6) is 0 Å². The van der Waals surface area contributed by atoms with Gasteiger partial charge in [0.25, 0.3) is 5.91 Å². The minimum absolute atomic E-state index is 0.0194. The number of carbonyl (C=O) groups excluding carboxylic acids is 1. The van der Waals surface area contributed by atoms with Crippen molar-refractivity contribution in [3.05, 3.63) is 70.3 Å². The molecule has 10 nitrogen and oxygen atoms in total. The highest BCUT2D eigenvalue weighted by molar-refractivity contribution is 9.10. The van der Waals surface area contributed by atoms with E-state index in [0.29, 0.717) is 11.3 Å². The molecule has 0 radical (unpaired) electrons. The van der Waals surface area contributed by atoms with Crippen LogP contribution in [0.3, 0.4) is 0 Å². The van der Waals surface area contributed by atoms with E-state index >= 15 is 0 Å². The van der Waals surface area contributed by atoms with Gasteiger partial charge in [0.05, 0.1) is 6.21 Å². The first-order valence-corrected chi connectivity index (χ1v) is 9.12. The number of aromatic nitrogens is 5. The number of hydrazone groups is 1. The number of anilines is 1. The molecule has 0 aliphatic carbocycles. The van der Waals surface area contributed by atoms with Crippen molar-refractivity contribution in [2.75, 3.05) is 5.73 Å². The molecule has 4 aromatic rings. The lowest BCUT2D eigenvalue weighted by molar-refractivity contribution is 0.0950. The Hall–Kier alpha value is -3.86. The molecule has 0 bridgehead atoms. The van der Waals surface area contributed by atoms with E-state index in [9.17, 15) is 4.79 Å². The van der Waals surface area contributed by atoms with Gasteiger partial charge in [0, 0.05) is 15.6 Å². The normalized spacial score (nSPS) is 11.1. The van der Waals surface area contributed by atoms with Gasteiger partial charge in [-0.1, -0.05) is 69.7 Å². The van der Waals surface area contributed by atoms with Gasteiger partial charge in [0.1, 0.15) is 5.69 Å². The lowest BCUT2D eigenvalue weighted by Gasteiger charge is -2.05. The fraction of sp³-hybridized carbons (Fsp3) is 0. The van der Waals surface area contributed by atoms with Gasteiger partial charge in [0.2, 0.25) is 11.6 Å². The van der Waals surface area contributed by atoms with Crippen LogP contribution in [0.2, 0.25) is 0 Å². The third-order valence-electron chi connectivity index (χ3n) is 3.90. The lowest BCUT2D eigenvalue weighted by Crippen LogP contribution is -2.19. The molecule has 0 fully saturated rings. The van der Waals surface area contributed by atoms with Crippen molar-refractivity contribution in [2.24, 2.45) is 5.10 Å². The molecule has 2 aromatic heterocycles. The Balaban J connectivity index is 1.68. The van der Waals surface area contributed by atoms with Gasteiger partial charge in [-0.2, -0.15) is 9.78 Å². The first-order chi connectivity index (χ1) is 14.1. The maximum Gasteiger partial charge on any atom is 0.294 e. The zero-order valence-electron chi connectivity index (χ0n) is 14.7. The van der Waals surface area contributed by atoms with Crippen molar-refractivity contribution in [1.29, 1.82) is 0 Å². The van der Waals surface area contributed by atoms with Gasteiger partial charge in [-0.05, 0) is 16.4 Å². The first kappa shape index (κ1) is 18.5. The highest BCUT2D eigenvalue weighted by Gasteiger charge is 2.24. The second-order valence-corrected chi connectivity index (χ2v) is 6.61. The third kappa shape index (κ3) is 3.75. The Morgan fingerprint density at radius 3 is 2.62 bits per heavy atom. The van der Waals surface area contributed by atoms with Gasteiger partial charge in [0.15, 0.2) is 5.69 Å². The molecule has 2 aromatic carbocycles. The fourth-order valence-corrected chi connectivity index (χ4v) is 2.96. The summed E-state index contributed by atoms with van der Waals surface area (Å²) in [7, 11) is 0. The van der Waals surface area contributed by atoms with E-state index in [1.165, 1.54) is 10.9 Å². The molecule has 4 rings (SSSR count). The second kappa shape index (κ2) is 8.02. The summed E-state index contributed by atoms with van der Waals surface area (Å²) in [6.07, 6.45) is 1.52. The van der Waals surface area contributed by atoms with Crippen molar-refractivity contribution < 1.29 is 9.42 Å². The summed E-state index contributed by atoms with van der Waals surface area (Å²) < 4.78 is 6.79. The topological polar surface area (TPSA) is 137 Å². The largest absolute Gasteiger partial charge is 0.378 e. The van der Waals surface area contributed by atoms with Crippen LogP contribution in [-0.4, -0.2) is 37.4 Å². The van der Waals surface area contributed by atoms with E-state index in [-0.39, 0.29) is 17.3 Å². The lowest BCUT2D eigenvalue weighted by atomic mass is 10.1. The molecule has 0 spiro atoms. The quantitative estimate of drug-likeness (QED) is 0.350. The zero-order chi connectivity index (χ0) is 20.2. The van der Waals surface area contributed by atoms with Crippen LogP contribution < -0.4 is 11.2 Å². The van der Waals surface area contributed by atoms with Crippen LogP contribution in [0, 0.1) is 0 Å². The van der Waals surface area contributed by atoms with E-state index in [4.69, 9.17) is 5.73 Å². The molecule has 0 unspecified atom stereocenters. The monoisotopic (exact) mass is 452 g/mol. The third-order valence-corrected chi connectivity index (χ3v) is 4.63. The first-order valence-electron chi connectivity index (χ1n) is 8.32. The fourth-order valence-electron chi connectivity index (χ4n) is 2.57. The summed E-state index contributed by atoms with van der Waals surface area (Å²) in [6, 6.07) is 16.6. The van der Waals surface area contributed by atoms with Gasteiger partial charge in [-0.25, -0.2) is 10.1 Å². The molecule has 0 aliphatic heterocycles. The number of benzene rings is 2. The SMILES string of the molecule is Nc1nonc1-n1nnc(C(=O)N/N=C/c2ccccc2Br)c1-c1ccccc1. The number of hydrogen-bond donors (Lipinski definition) is 2. The number of rotatable bonds is 5. The molecule has 0 atom stereocenters. The maximum atomic E-state index is 12.7. The minimum atomic E-state index is -0.548. The zero-order valence-corrected chi connectivity index (χ0v) is 16.3. The molecule has 2 heterocycles. The van der Waals surface area contributed by atoms with Crippen LogP contribution in [-0.2, 0) is 0 Å². The summed E-state index contributed by atoms with van der Waals surface area (Å²) >= 11 is 3.42. The summed E-state index contributed by atoms with van der Waals surface area (Å²) in [4.78, 5) is 12.7. The van der Waals surface area contributed by atoms with E-state index in [1.807, 2.05) is 42.5 Å². The number of halogens is 1. The number of nitrogens with two attached hydrogens (primary N) is 1. The number of nitrogens with zero attached hydrogens (tertiary/aromatic N) is 6. The van der Waals surface area contributed by atoms with Crippen molar-refractivity contribution in [3.8, 4) is 17.1 Å². The van der Waals surface area contributed by atoms with Crippen molar-refractivity contribution >= 4 is 33.9 Å². The Labute approximate surface area is 172 Å². The molecular formula is C18H13BrN8O2. The maximum absolute atomic E-state index is 12.7. The Bertz CT molecular complexity index is 1190. The highest BCUT2D eigenvalue weighted by Crippen LogP contribution is 2.26. The second-order valence-electron chi connectivity index (χ2n) is 5.76. The minimum Gasteiger partial charge on any atom is -0.378 e. The molecule has 1 amide bonds. The average Bonchev–Trinajstić information content (AvgIpc) is 3.36. The molecule has 0 saturated carbocycles. The van der Waals surface area contributed by atoms with Crippen LogP contribution in [0.15, 0.2) is 68.8 Å². The smallest absolute Gasteiger partial charge is 0.294 e. The van der Waals surface area contributed by atoms with Gasteiger partial charge in [-0.15, -0.1) is 5.10 Å². The molecule has 11 heteroatoms. The molecule has 29 heavy (non-hydrogen) atoms. The van der Waals surface area contributed by atoms with Crippen LogP contribution in [0.25, 0.3) is 17.1 Å². The number of amides is 1. The molecule has 0 saturated heterocycles. The predicted molar refractivity (Wildman–Crippen MR) is 108 cm³/mol. The van der Waals surface area contributed by atoms with Gasteiger partial charge < -0.3 is 5.73 Å². The Kier molecular flexibility index (Phi) is 5.12. The molecule has 3 N–H and O–H groups in total. The number of nitrogen functional groups attached to an aromatic ring is 1. The summed E-state index contributed by atoms with van der Waals surface area (Å²) in [5.41, 5.74) is 10.1. The summed E-state index contributed by atoms with van der Waals surface area (Å²) in [6.45, 7) is 0. The molecule has 144 valence electrons. The molecule has 0 aliphatic rings. The van der Waals surface area contributed by atoms with Crippen molar-refractivity contribution in [1.82, 2.24) is 30.7 Å². The van der Waals surface area contributed by atoms with E-state index in [2.05, 4.69) is 51.7 Å². The summed E-state index contributed by atoms with van der Waals surface area (Å²) in [5, 5.41) is 19.3. The number of hydrogen-bond acceptors (Lipinski definition) is 8. The van der Waals surface area contributed by atoms with Crippen molar-refractivity contribution in [2.45, 2.75) is 0 Å². The standard InChI is InChI=1S/C18H13BrN8O2/c19-13-9-5-4-8-12(13)10-21-23-18(28)14-15(11-6-2-1-3-7-11)27(26-22-14)17-16(20)24-29-25-17/h1-10H,(H2,20,24)(H,23,28)/b21-10+. The Morgan fingerprint density at radius 2 is 1.90 bits per heavy atom. The summed E-state index contributed by atoms with van der Waals surface area (Å²) in [5.74, 6) is -0.397. The van der Waals surface area contributed by atoms with Gasteiger partial charge in [-0.3, -0.25) is 4.79 Å². The van der Waals surface area contributed by atoms with E-state index < -0.39 is 5.91 Å². The number of carbonyl (C=O) groups is 1. The predicted octanol–water partition coefficient (Wildman–Crippen LogP) is 2.43.